The lowest BCUT2D eigenvalue weighted by Gasteiger charge is -2.32. The highest BCUT2D eigenvalue weighted by Crippen LogP contribution is 2.38. The lowest BCUT2D eigenvalue weighted by molar-refractivity contribution is 0.0106. The molecule has 23 heavy (non-hydrogen) atoms. The van der Waals surface area contributed by atoms with E-state index < -0.39 is 0 Å². The van der Waals surface area contributed by atoms with Gasteiger partial charge in [0.05, 0.1) is 12.7 Å². The van der Waals surface area contributed by atoms with Gasteiger partial charge in [0.2, 0.25) is 5.89 Å². The van der Waals surface area contributed by atoms with Crippen molar-refractivity contribution in [3.63, 3.8) is 0 Å². The number of urea groups is 1. The molecule has 1 aromatic heterocycles. The molecule has 1 aliphatic carbocycles. The predicted octanol–water partition coefficient (Wildman–Crippen LogP) is 2.09. The smallest absolute Gasteiger partial charge is 0.317 e. The van der Waals surface area contributed by atoms with Crippen molar-refractivity contribution in [2.24, 2.45) is 0 Å². The summed E-state index contributed by atoms with van der Waals surface area (Å²) in [5, 5.41) is 6.92. The molecule has 1 saturated heterocycles. The van der Waals surface area contributed by atoms with Crippen LogP contribution in [0, 0.1) is 0 Å². The molecule has 2 amide bonds. The zero-order valence-electron chi connectivity index (χ0n) is 13.8. The standard InChI is InChI=1S/C16H26N4O3/c1-2-8-17-16(21)20-9-3-4-13(11-20)22-10-7-14-18-15(23-19-14)12-5-6-12/h12-13H,2-11H2,1H3,(H,17,21). The number of rotatable bonds is 7. The molecule has 0 aromatic carbocycles. The molecule has 3 rings (SSSR count). The lowest BCUT2D eigenvalue weighted by atomic mass is 10.1. The van der Waals surface area contributed by atoms with Crippen molar-refractivity contribution in [1.29, 1.82) is 0 Å². The number of carbonyl (C=O) groups excluding carboxylic acids is 1. The SMILES string of the molecule is CCCNC(=O)N1CCCC(OCCc2noc(C3CC3)n2)C1. The third-order valence-corrected chi connectivity index (χ3v) is 4.28. The Morgan fingerprint density at radius 1 is 1.43 bits per heavy atom. The molecule has 7 nitrogen and oxygen atoms in total. The summed E-state index contributed by atoms with van der Waals surface area (Å²) in [6.45, 7) is 4.82. The first-order valence-electron chi connectivity index (χ1n) is 8.73. The molecule has 128 valence electrons. The Labute approximate surface area is 136 Å². The van der Waals surface area contributed by atoms with E-state index >= 15 is 0 Å². The van der Waals surface area contributed by atoms with E-state index in [1.54, 1.807) is 0 Å². The van der Waals surface area contributed by atoms with E-state index in [1.807, 2.05) is 4.90 Å². The molecule has 2 fully saturated rings. The molecule has 1 unspecified atom stereocenters. The van der Waals surface area contributed by atoms with Gasteiger partial charge >= 0.3 is 6.03 Å². The van der Waals surface area contributed by atoms with Gasteiger partial charge in [0.25, 0.3) is 0 Å². The van der Waals surface area contributed by atoms with Crippen LogP contribution in [0.4, 0.5) is 4.79 Å². The highest BCUT2D eigenvalue weighted by molar-refractivity contribution is 5.74. The summed E-state index contributed by atoms with van der Waals surface area (Å²) in [5.41, 5.74) is 0. The number of carbonyl (C=O) groups is 1. The van der Waals surface area contributed by atoms with Crippen LogP contribution in [0.5, 0.6) is 0 Å². The number of nitrogens with one attached hydrogen (secondary N) is 1. The maximum Gasteiger partial charge on any atom is 0.317 e. The number of hydrogen-bond donors (Lipinski definition) is 1. The summed E-state index contributed by atoms with van der Waals surface area (Å²) in [5.74, 6) is 1.99. The van der Waals surface area contributed by atoms with Gasteiger partial charge in [0.1, 0.15) is 0 Å². The van der Waals surface area contributed by atoms with E-state index in [4.69, 9.17) is 9.26 Å². The Kier molecular flexibility index (Phi) is 5.48. The van der Waals surface area contributed by atoms with E-state index in [9.17, 15) is 4.79 Å². The minimum atomic E-state index is 0.0207. The van der Waals surface area contributed by atoms with Crippen molar-refractivity contribution in [2.45, 2.75) is 57.5 Å². The summed E-state index contributed by atoms with van der Waals surface area (Å²) in [6, 6.07) is 0.0207. The second-order valence-electron chi connectivity index (χ2n) is 6.39. The minimum absolute atomic E-state index is 0.0207. The largest absolute Gasteiger partial charge is 0.376 e. The van der Waals surface area contributed by atoms with Crippen LogP contribution in [-0.2, 0) is 11.2 Å². The molecular formula is C16H26N4O3. The van der Waals surface area contributed by atoms with Crippen LogP contribution in [0.25, 0.3) is 0 Å². The Morgan fingerprint density at radius 3 is 3.09 bits per heavy atom. The monoisotopic (exact) mass is 322 g/mol. The average molecular weight is 322 g/mol. The van der Waals surface area contributed by atoms with Gasteiger partial charge in [-0.15, -0.1) is 0 Å². The molecule has 2 heterocycles. The number of aromatic nitrogens is 2. The second kappa shape index (κ2) is 7.77. The summed E-state index contributed by atoms with van der Waals surface area (Å²) in [4.78, 5) is 18.2. The normalized spacial score (nSPS) is 21.4. The fraction of sp³-hybridized carbons (Fsp3) is 0.812. The van der Waals surface area contributed by atoms with E-state index in [-0.39, 0.29) is 12.1 Å². The number of piperidine rings is 1. The first-order valence-corrected chi connectivity index (χ1v) is 8.73. The second-order valence-corrected chi connectivity index (χ2v) is 6.39. The first kappa shape index (κ1) is 16.2. The van der Waals surface area contributed by atoms with Crippen LogP contribution >= 0.6 is 0 Å². The third-order valence-electron chi connectivity index (χ3n) is 4.28. The topological polar surface area (TPSA) is 80.5 Å². The molecule has 0 spiro atoms. The van der Waals surface area contributed by atoms with E-state index in [0.717, 1.165) is 56.9 Å². The van der Waals surface area contributed by atoms with Gasteiger partial charge in [-0.3, -0.25) is 0 Å². The molecule has 2 aliphatic rings. The van der Waals surface area contributed by atoms with Crippen LogP contribution in [0.2, 0.25) is 0 Å². The summed E-state index contributed by atoms with van der Waals surface area (Å²) < 4.78 is 11.2. The van der Waals surface area contributed by atoms with Gasteiger partial charge in [-0.05, 0) is 32.1 Å². The molecule has 7 heteroatoms. The van der Waals surface area contributed by atoms with Crippen molar-refractivity contribution in [1.82, 2.24) is 20.4 Å². The fourth-order valence-corrected chi connectivity index (χ4v) is 2.78. The van der Waals surface area contributed by atoms with Crippen molar-refractivity contribution in [3.8, 4) is 0 Å². The zero-order valence-corrected chi connectivity index (χ0v) is 13.8. The molecule has 0 bridgehead atoms. The number of amides is 2. The highest BCUT2D eigenvalue weighted by atomic mass is 16.5. The van der Waals surface area contributed by atoms with Gasteiger partial charge in [-0.25, -0.2) is 4.79 Å². The molecule has 1 N–H and O–H groups in total. The Hall–Kier alpha value is -1.63. The van der Waals surface area contributed by atoms with Gasteiger partial charge in [-0.2, -0.15) is 4.98 Å². The Bertz CT molecular complexity index is 515. The first-order chi connectivity index (χ1) is 11.3. The van der Waals surface area contributed by atoms with Crippen LogP contribution in [0.15, 0.2) is 4.52 Å². The van der Waals surface area contributed by atoms with Crippen LogP contribution in [-0.4, -0.2) is 53.4 Å². The summed E-state index contributed by atoms with van der Waals surface area (Å²) >= 11 is 0. The molecule has 1 aromatic rings. The average Bonchev–Trinajstić information content (AvgIpc) is 3.32. The molecule has 0 radical (unpaired) electrons. The highest BCUT2D eigenvalue weighted by Gasteiger charge is 2.29. The van der Waals surface area contributed by atoms with Gasteiger partial charge in [0, 0.05) is 32.0 Å². The van der Waals surface area contributed by atoms with Crippen LogP contribution < -0.4 is 5.32 Å². The van der Waals surface area contributed by atoms with Crippen molar-refractivity contribution < 1.29 is 14.1 Å². The Balaban J connectivity index is 1.38. The quantitative estimate of drug-likeness (QED) is 0.831. The maximum atomic E-state index is 12.0. The fourth-order valence-electron chi connectivity index (χ4n) is 2.78. The Morgan fingerprint density at radius 2 is 2.30 bits per heavy atom. The van der Waals surface area contributed by atoms with Crippen LogP contribution in [0.3, 0.4) is 0 Å². The lowest BCUT2D eigenvalue weighted by Crippen LogP contribution is -2.48. The number of hydrogen-bond acceptors (Lipinski definition) is 5. The number of ether oxygens (including phenoxy) is 1. The third kappa shape index (κ3) is 4.67. The summed E-state index contributed by atoms with van der Waals surface area (Å²) in [7, 11) is 0. The van der Waals surface area contributed by atoms with Gasteiger partial charge < -0.3 is 19.5 Å². The van der Waals surface area contributed by atoms with E-state index in [2.05, 4.69) is 22.4 Å². The van der Waals surface area contributed by atoms with Crippen molar-refractivity contribution >= 4 is 6.03 Å². The van der Waals surface area contributed by atoms with Crippen LogP contribution in [0.1, 0.15) is 56.7 Å². The summed E-state index contributed by atoms with van der Waals surface area (Å²) in [6.07, 6.45) is 6.02. The molecular weight excluding hydrogens is 296 g/mol. The van der Waals surface area contributed by atoms with Crippen molar-refractivity contribution in [2.75, 3.05) is 26.2 Å². The molecule has 1 atom stereocenters. The van der Waals surface area contributed by atoms with Crippen molar-refractivity contribution in [3.05, 3.63) is 11.7 Å². The zero-order chi connectivity index (χ0) is 16.1. The number of likely N-dealkylation sites (tertiary alicyclic amines) is 1. The predicted molar refractivity (Wildman–Crippen MR) is 84.2 cm³/mol. The minimum Gasteiger partial charge on any atom is -0.376 e. The molecule has 1 aliphatic heterocycles. The van der Waals surface area contributed by atoms with Gasteiger partial charge in [-0.1, -0.05) is 12.1 Å². The van der Waals surface area contributed by atoms with E-state index in [0.29, 0.717) is 25.5 Å². The van der Waals surface area contributed by atoms with Gasteiger partial charge in [0.15, 0.2) is 5.82 Å². The number of nitrogens with zero attached hydrogens (tertiary/aromatic N) is 3. The van der Waals surface area contributed by atoms with E-state index in [1.165, 1.54) is 0 Å². The molecule has 1 saturated carbocycles. The maximum absolute atomic E-state index is 12.0.